The van der Waals surface area contributed by atoms with Gasteiger partial charge in [0, 0.05) is 16.6 Å². The summed E-state index contributed by atoms with van der Waals surface area (Å²) in [6.45, 7) is 3.81. The van der Waals surface area contributed by atoms with Crippen molar-refractivity contribution in [2.24, 2.45) is 0 Å². The molecule has 1 aliphatic heterocycles. The van der Waals surface area contributed by atoms with E-state index in [1.54, 1.807) is 0 Å². The first-order valence-corrected chi connectivity index (χ1v) is 9.39. The van der Waals surface area contributed by atoms with Crippen molar-refractivity contribution in [3.63, 3.8) is 0 Å². The molecule has 22 heavy (non-hydrogen) atoms. The van der Waals surface area contributed by atoms with Crippen molar-refractivity contribution in [1.29, 1.82) is 0 Å². The van der Waals surface area contributed by atoms with Gasteiger partial charge < -0.3 is 10.6 Å². The van der Waals surface area contributed by atoms with Gasteiger partial charge in [0.15, 0.2) is 9.84 Å². The van der Waals surface area contributed by atoms with Crippen LogP contribution in [0.25, 0.3) is 0 Å². The van der Waals surface area contributed by atoms with Crippen LogP contribution in [0, 0.1) is 0 Å². The molecule has 1 fully saturated rings. The zero-order valence-corrected chi connectivity index (χ0v) is 14.3. The molecule has 1 aliphatic rings. The predicted octanol–water partition coefficient (Wildman–Crippen LogP) is 2.15. The van der Waals surface area contributed by atoms with Crippen LogP contribution in [0.15, 0.2) is 24.3 Å². The van der Waals surface area contributed by atoms with Gasteiger partial charge in [-0.25, -0.2) is 13.2 Å². The highest BCUT2D eigenvalue weighted by Gasteiger charge is 2.30. The molecule has 2 amide bonds. The normalized spacial score (nSPS) is 20.6. The Balaban J connectivity index is 1.91. The van der Waals surface area contributed by atoms with Gasteiger partial charge in [0.25, 0.3) is 0 Å². The molecular weight excluding hydrogens is 324 g/mol. The zero-order chi connectivity index (χ0) is 16.4. The highest BCUT2D eigenvalue weighted by atomic mass is 35.5. The second kappa shape index (κ2) is 6.46. The minimum absolute atomic E-state index is 0.0192. The number of nitrogens with one attached hydrogen (secondary N) is 2. The molecule has 7 heteroatoms. The fourth-order valence-electron chi connectivity index (χ4n) is 2.60. The van der Waals surface area contributed by atoms with E-state index < -0.39 is 15.4 Å². The average molecular weight is 345 g/mol. The second-order valence-electron chi connectivity index (χ2n) is 6.35. The lowest BCUT2D eigenvalue weighted by Gasteiger charge is -2.27. The standard InChI is InChI=1S/C15H21ClN2O3S/c1-15(2,9-11-5-3-4-6-13(11)16)18-14(19)17-12-7-8-22(20,21)10-12/h3-6,12H,7-10H2,1-2H3,(H2,17,18,19)/t12-/m1/s1. The van der Waals surface area contributed by atoms with Crippen LogP contribution >= 0.6 is 11.6 Å². The van der Waals surface area contributed by atoms with E-state index in [9.17, 15) is 13.2 Å². The van der Waals surface area contributed by atoms with Crippen molar-refractivity contribution >= 4 is 27.5 Å². The van der Waals surface area contributed by atoms with E-state index >= 15 is 0 Å². The molecule has 1 saturated heterocycles. The maximum absolute atomic E-state index is 12.1. The van der Waals surface area contributed by atoms with Crippen molar-refractivity contribution in [3.8, 4) is 0 Å². The Labute approximate surface area is 136 Å². The lowest BCUT2D eigenvalue weighted by Crippen LogP contribution is -2.52. The highest BCUT2D eigenvalue weighted by Crippen LogP contribution is 2.20. The van der Waals surface area contributed by atoms with Crippen LogP contribution in [-0.4, -0.2) is 37.5 Å². The molecule has 5 nitrogen and oxygen atoms in total. The minimum atomic E-state index is -3.00. The third-order valence-corrected chi connectivity index (χ3v) is 5.75. The van der Waals surface area contributed by atoms with Gasteiger partial charge in [0.05, 0.1) is 11.5 Å². The van der Waals surface area contributed by atoms with Crippen molar-refractivity contribution in [2.45, 2.75) is 38.3 Å². The Kier molecular flexibility index (Phi) is 5.02. The number of sulfone groups is 1. The first-order chi connectivity index (χ1) is 10.2. The van der Waals surface area contributed by atoms with Gasteiger partial charge in [0.1, 0.15) is 0 Å². The van der Waals surface area contributed by atoms with Crippen molar-refractivity contribution in [3.05, 3.63) is 34.9 Å². The molecule has 0 saturated carbocycles. The molecule has 122 valence electrons. The summed E-state index contributed by atoms with van der Waals surface area (Å²) in [7, 11) is -3.00. The van der Waals surface area contributed by atoms with Crippen LogP contribution < -0.4 is 10.6 Å². The second-order valence-corrected chi connectivity index (χ2v) is 8.99. The summed E-state index contributed by atoms with van der Waals surface area (Å²) in [4.78, 5) is 12.1. The number of benzene rings is 1. The number of urea groups is 1. The molecule has 1 aromatic rings. The number of carbonyl (C=O) groups excluding carboxylic acids is 1. The molecule has 1 aromatic carbocycles. The smallest absolute Gasteiger partial charge is 0.315 e. The van der Waals surface area contributed by atoms with E-state index in [-0.39, 0.29) is 23.6 Å². The summed E-state index contributed by atoms with van der Waals surface area (Å²) in [5.41, 5.74) is 0.463. The maximum atomic E-state index is 12.1. The van der Waals surface area contributed by atoms with Crippen LogP contribution in [0.5, 0.6) is 0 Å². The van der Waals surface area contributed by atoms with Crippen LogP contribution in [0.4, 0.5) is 4.79 Å². The first kappa shape index (κ1) is 17.1. The number of rotatable bonds is 4. The molecule has 0 spiro atoms. The van der Waals surface area contributed by atoms with Crippen molar-refractivity contribution < 1.29 is 13.2 Å². The van der Waals surface area contributed by atoms with Crippen molar-refractivity contribution in [1.82, 2.24) is 10.6 Å². The monoisotopic (exact) mass is 344 g/mol. The van der Waals surface area contributed by atoms with Gasteiger partial charge in [-0.05, 0) is 38.3 Å². The quantitative estimate of drug-likeness (QED) is 0.878. The van der Waals surface area contributed by atoms with Gasteiger partial charge in [-0.3, -0.25) is 0 Å². The van der Waals surface area contributed by atoms with Gasteiger partial charge in [-0.2, -0.15) is 0 Å². The lowest BCUT2D eigenvalue weighted by molar-refractivity contribution is 0.226. The largest absolute Gasteiger partial charge is 0.334 e. The van der Waals surface area contributed by atoms with E-state index in [1.165, 1.54) is 0 Å². The molecule has 0 radical (unpaired) electrons. The fourth-order valence-corrected chi connectivity index (χ4v) is 4.48. The number of hydrogen-bond acceptors (Lipinski definition) is 3. The average Bonchev–Trinajstić information content (AvgIpc) is 2.70. The fraction of sp³-hybridized carbons (Fsp3) is 0.533. The Morgan fingerprint density at radius 2 is 2.05 bits per heavy atom. The van der Waals surface area contributed by atoms with Crippen LogP contribution in [-0.2, 0) is 16.3 Å². The zero-order valence-electron chi connectivity index (χ0n) is 12.7. The van der Waals surface area contributed by atoms with E-state index in [4.69, 9.17) is 11.6 Å². The summed E-state index contributed by atoms with van der Waals surface area (Å²) in [6, 6.07) is 6.85. The summed E-state index contributed by atoms with van der Waals surface area (Å²) in [6.07, 6.45) is 1.06. The van der Waals surface area contributed by atoms with E-state index in [1.807, 2.05) is 38.1 Å². The molecule has 2 N–H and O–H groups in total. The molecule has 2 rings (SSSR count). The molecular formula is C15H21ClN2O3S. The third-order valence-electron chi connectivity index (χ3n) is 3.61. The molecule has 0 aromatic heterocycles. The molecule has 0 unspecified atom stereocenters. The SMILES string of the molecule is CC(C)(Cc1ccccc1Cl)NC(=O)N[C@@H]1CCS(=O)(=O)C1. The Bertz CT molecular complexity index is 659. The van der Waals surface area contributed by atoms with E-state index in [0.717, 1.165) is 5.56 Å². The molecule has 1 heterocycles. The van der Waals surface area contributed by atoms with E-state index in [0.29, 0.717) is 17.9 Å². The first-order valence-electron chi connectivity index (χ1n) is 7.19. The van der Waals surface area contributed by atoms with Gasteiger partial charge in [-0.1, -0.05) is 29.8 Å². The van der Waals surface area contributed by atoms with Gasteiger partial charge >= 0.3 is 6.03 Å². The van der Waals surface area contributed by atoms with Crippen LogP contribution in [0.1, 0.15) is 25.8 Å². The van der Waals surface area contributed by atoms with Gasteiger partial charge in [0.2, 0.25) is 0 Å². The highest BCUT2D eigenvalue weighted by molar-refractivity contribution is 7.91. The minimum Gasteiger partial charge on any atom is -0.334 e. The van der Waals surface area contributed by atoms with Crippen LogP contribution in [0.2, 0.25) is 5.02 Å². The molecule has 1 atom stereocenters. The maximum Gasteiger partial charge on any atom is 0.315 e. The van der Waals surface area contributed by atoms with Crippen molar-refractivity contribution in [2.75, 3.05) is 11.5 Å². The Morgan fingerprint density at radius 1 is 1.36 bits per heavy atom. The predicted molar refractivity (Wildman–Crippen MR) is 88.0 cm³/mol. The summed E-state index contributed by atoms with van der Waals surface area (Å²) in [5.74, 6) is 0.159. The summed E-state index contributed by atoms with van der Waals surface area (Å²) < 4.78 is 22.8. The Morgan fingerprint density at radius 3 is 2.64 bits per heavy atom. The number of hydrogen-bond donors (Lipinski definition) is 2. The van der Waals surface area contributed by atoms with Gasteiger partial charge in [-0.15, -0.1) is 0 Å². The lowest BCUT2D eigenvalue weighted by atomic mass is 9.95. The molecule has 0 aliphatic carbocycles. The summed E-state index contributed by atoms with van der Waals surface area (Å²) in [5, 5.41) is 6.28. The topological polar surface area (TPSA) is 75.3 Å². The third kappa shape index (κ3) is 4.88. The van der Waals surface area contributed by atoms with Crippen LogP contribution in [0.3, 0.4) is 0 Å². The number of carbonyl (C=O) groups is 1. The molecule has 0 bridgehead atoms. The van der Waals surface area contributed by atoms with E-state index in [2.05, 4.69) is 10.6 Å². The number of amides is 2. The summed E-state index contributed by atoms with van der Waals surface area (Å²) >= 11 is 6.14. The Hall–Kier alpha value is -1.27. The number of halogens is 1.